The lowest BCUT2D eigenvalue weighted by Crippen LogP contribution is -2.32. The lowest BCUT2D eigenvalue weighted by atomic mass is 10.2. The van der Waals surface area contributed by atoms with E-state index in [1.54, 1.807) is 12.2 Å². The van der Waals surface area contributed by atoms with E-state index < -0.39 is 0 Å². The number of hydrogen-bond donors (Lipinski definition) is 0. The lowest BCUT2D eigenvalue weighted by Gasteiger charge is -2.18. The minimum Gasteiger partial charge on any atom is -0.336 e. The molecule has 1 amide bonds. The van der Waals surface area contributed by atoms with Crippen LogP contribution >= 0.6 is 0 Å². The fraction of sp³-hybridized carbons (Fsp3) is 0.667. The van der Waals surface area contributed by atoms with Gasteiger partial charge in [0.25, 0.3) is 0 Å². The highest BCUT2D eigenvalue weighted by molar-refractivity contribution is 5.87. The molecule has 0 aliphatic carbocycles. The van der Waals surface area contributed by atoms with Gasteiger partial charge in [0.1, 0.15) is 0 Å². The van der Waals surface area contributed by atoms with Crippen molar-refractivity contribution < 1.29 is 4.79 Å². The molecule has 11 heavy (non-hydrogen) atoms. The van der Waals surface area contributed by atoms with Crippen molar-refractivity contribution in [2.75, 3.05) is 6.54 Å². The van der Waals surface area contributed by atoms with Crippen molar-refractivity contribution in [2.45, 2.75) is 32.7 Å². The SMILES string of the molecule is C/C=C/C(=O)N1CCCC1C. The molecule has 0 aromatic rings. The average Bonchev–Trinajstić information content (AvgIpc) is 2.36. The zero-order valence-corrected chi connectivity index (χ0v) is 7.21. The Morgan fingerprint density at radius 1 is 1.64 bits per heavy atom. The first kappa shape index (κ1) is 8.31. The number of rotatable bonds is 1. The van der Waals surface area contributed by atoms with Crippen LogP contribution in [-0.4, -0.2) is 23.4 Å². The summed E-state index contributed by atoms with van der Waals surface area (Å²) in [5.41, 5.74) is 0. The van der Waals surface area contributed by atoms with E-state index in [4.69, 9.17) is 0 Å². The van der Waals surface area contributed by atoms with Crippen LogP contribution in [0, 0.1) is 0 Å². The number of carbonyl (C=O) groups excluding carboxylic acids is 1. The van der Waals surface area contributed by atoms with Crippen molar-refractivity contribution in [3.63, 3.8) is 0 Å². The summed E-state index contributed by atoms with van der Waals surface area (Å²) in [7, 11) is 0. The summed E-state index contributed by atoms with van der Waals surface area (Å²) < 4.78 is 0. The molecule has 0 radical (unpaired) electrons. The molecule has 1 heterocycles. The Kier molecular flexibility index (Phi) is 2.69. The zero-order valence-electron chi connectivity index (χ0n) is 7.21. The predicted octanol–water partition coefficient (Wildman–Crippen LogP) is 1.57. The minimum absolute atomic E-state index is 0.164. The molecule has 1 aliphatic heterocycles. The summed E-state index contributed by atoms with van der Waals surface area (Å²) in [6, 6.07) is 0.443. The molecule has 0 aromatic carbocycles. The maximum atomic E-state index is 11.3. The van der Waals surface area contributed by atoms with Gasteiger partial charge in [-0.1, -0.05) is 6.08 Å². The second-order valence-corrected chi connectivity index (χ2v) is 3.02. The number of carbonyl (C=O) groups is 1. The Hall–Kier alpha value is -0.790. The van der Waals surface area contributed by atoms with Crippen LogP contribution in [0.4, 0.5) is 0 Å². The highest BCUT2D eigenvalue weighted by Gasteiger charge is 2.22. The normalized spacial score (nSPS) is 24.9. The van der Waals surface area contributed by atoms with Gasteiger partial charge >= 0.3 is 0 Å². The van der Waals surface area contributed by atoms with Gasteiger partial charge in [0.2, 0.25) is 5.91 Å². The van der Waals surface area contributed by atoms with Crippen molar-refractivity contribution in [1.82, 2.24) is 4.90 Å². The molecule has 0 spiro atoms. The molecular weight excluding hydrogens is 138 g/mol. The standard InChI is InChI=1S/C9H15NO/c1-3-5-9(11)10-7-4-6-8(10)2/h3,5,8H,4,6-7H2,1-2H3/b5-3+. The smallest absolute Gasteiger partial charge is 0.246 e. The van der Waals surface area contributed by atoms with E-state index in [-0.39, 0.29) is 5.91 Å². The molecule has 1 fully saturated rings. The molecular formula is C9H15NO. The maximum absolute atomic E-state index is 11.3. The second-order valence-electron chi connectivity index (χ2n) is 3.02. The van der Waals surface area contributed by atoms with Gasteiger partial charge in [0.15, 0.2) is 0 Å². The summed E-state index contributed by atoms with van der Waals surface area (Å²) in [5, 5.41) is 0. The van der Waals surface area contributed by atoms with Gasteiger partial charge in [-0.2, -0.15) is 0 Å². The van der Waals surface area contributed by atoms with Gasteiger partial charge in [-0.25, -0.2) is 0 Å². The molecule has 1 atom stereocenters. The van der Waals surface area contributed by atoms with Crippen LogP contribution in [0.2, 0.25) is 0 Å². The Bertz CT molecular complexity index is 174. The zero-order chi connectivity index (χ0) is 8.27. The average molecular weight is 153 g/mol. The summed E-state index contributed by atoms with van der Waals surface area (Å²) in [4.78, 5) is 13.2. The Morgan fingerprint density at radius 3 is 2.82 bits per heavy atom. The van der Waals surface area contributed by atoms with Gasteiger partial charge in [-0.15, -0.1) is 0 Å². The third-order valence-corrected chi connectivity index (χ3v) is 2.15. The summed E-state index contributed by atoms with van der Waals surface area (Å²) in [6.45, 7) is 4.91. The van der Waals surface area contributed by atoms with Crippen molar-refractivity contribution in [2.24, 2.45) is 0 Å². The molecule has 0 bridgehead atoms. The molecule has 1 unspecified atom stereocenters. The first-order chi connectivity index (χ1) is 5.25. The molecule has 1 saturated heterocycles. The van der Waals surface area contributed by atoms with Gasteiger partial charge in [0, 0.05) is 12.6 Å². The second kappa shape index (κ2) is 3.56. The van der Waals surface area contributed by atoms with Gasteiger partial charge in [-0.3, -0.25) is 4.79 Å². The van der Waals surface area contributed by atoms with E-state index in [0.29, 0.717) is 6.04 Å². The number of amides is 1. The van der Waals surface area contributed by atoms with Crippen LogP contribution in [0.1, 0.15) is 26.7 Å². The summed E-state index contributed by atoms with van der Waals surface area (Å²) in [6.07, 6.45) is 5.75. The topological polar surface area (TPSA) is 20.3 Å². The fourth-order valence-electron chi connectivity index (χ4n) is 1.50. The van der Waals surface area contributed by atoms with E-state index in [2.05, 4.69) is 6.92 Å². The first-order valence-corrected chi connectivity index (χ1v) is 4.19. The molecule has 1 rings (SSSR count). The van der Waals surface area contributed by atoms with E-state index in [1.807, 2.05) is 11.8 Å². The number of allylic oxidation sites excluding steroid dienone is 1. The lowest BCUT2D eigenvalue weighted by molar-refractivity contribution is -0.126. The van der Waals surface area contributed by atoms with Crippen molar-refractivity contribution in [3.05, 3.63) is 12.2 Å². The van der Waals surface area contributed by atoms with E-state index in [1.165, 1.54) is 0 Å². The summed E-state index contributed by atoms with van der Waals surface area (Å²) in [5.74, 6) is 0.164. The fourth-order valence-corrected chi connectivity index (χ4v) is 1.50. The number of nitrogens with zero attached hydrogens (tertiary/aromatic N) is 1. The number of hydrogen-bond acceptors (Lipinski definition) is 1. The third-order valence-electron chi connectivity index (χ3n) is 2.15. The van der Waals surface area contributed by atoms with Crippen LogP contribution in [-0.2, 0) is 4.79 Å². The van der Waals surface area contributed by atoms with E-state index >= 15 is 0 Å². The van der Waals surface area contributed by atoms with E-state index in [0.717, 1.165) is 19.4 Å². The maximum Gasteiger partial charge on any atom is 0.246 e. The highest BCUT2D eigenvalue weighted by Crippen LogP contribution is 2.16. The van der Waals surface area contributed by atoms with Gasteiger partial charge < -0.3 is 4.90 Å². The summed E-state index contributed by atoms with van der Waals surface area (Å²) >= 11 is 0. The monoisotopic (exact) mass is 153 g/mol. The number of likely N-dealkylation sites (tertiary alicyclic amines) is 1. The first-order valence-electron chi connectivity index (χ1n) is 4.19. The molecule has 0 aromatic heterocycles. The van der Waals surface area contributed by atoms with Crippen molar-refractivity contribution >= 4 is 5.91 Å². The highest BCUT2D eigenvalue weighted by atomic mass is 16.2. The van der Waals surface area contributed by atoms with Crippen LogP contribution in [0.15, 0.2) is 12.2 Å². The van der Waals surface area contributed by atoms with Crippen molar-refractivity contribution in [3.8, 4) is 0 Å². The third kappa shape index (κ3) is 1.82. The van der Waals surface area contributed by atoms with Crippen LogP contribution in [0.5, 0.6) is 0 Å². The van der Waals surface area contributed by atoms with E-state index in [9.17, 15) is 4.79 Å². The molecule has 0 N–H and O–H groups in total. The quantitative estimate of drug-likeness (QED) is 0.524. The molecule has 1 aliphatic rings. The molecule has 2 nitrogen and oxygen atoms in total. The molecule has 62 valence electrons. The Morgan fingerprint density at radius 2 is 2.36 bits per heavy atom. The van der Waals surface area contributed by atoms with Crippen LogP contribution in [0.25, 0.3) is 0 Å². The van der Waals surface area contributed by atoms with Crippen molar-refractivity contribution in [1.29, 1.82) is 0 Å². The van der Waals surface area contributed by atoms with Gasteiger partial charge in [-0.05, 0) is 32.8 Å². The predicted molar refractivity (Wildman–Crippen MR) is 45.2 cm³/mol. The van der Waals surface area contributed by atoms with Crippen LogP contribution in [0.3, 0.4) is 0 Å². The molecule has 0 saturated carbocycles. The van der Waals surface area contributed by atoms with Crippen LogP contribution < -0.4 is 0 Å². The minimum atomic E-state index is 0.164. The largest absolute Gasteiger partial charge is 0.336 e. The van der Waals surface area contributed by atoms with Gasteiger partial charge in [0.05, 0.1) is 0 Å². The molecule has 2 heteroatoms. The Labute approximate surface area is 67.9 Å². The Balaban J connectivity index is 2.52.